The monoisotopic (exact) mass is 556 g/mol. The maximum absolute atomic E-state index is 13.4. The molecule has 5 aromatic rings. The third-order valence-corrected chi connectivity index (χ3v) is 9.55. The molecule has 39 heavy (non-hydrogen) atoms. The van der Waals surface area contributed by atoms with Crippen LogP contribution in [0.3, 0.4) is 0 Å². The zero-order valence-electron chi connectivity index (χ0n) is 21.8. The van der Waals surface area contributed by atoms with Crippen molar-refractivity contribution >= 4 is 43.0 Å². The first-order valence-corrected chi connectivity index (χ1v) is 14.6. The van der Waals surface area contributed by atoms with Crippen molar-refractivity contribution in [3.05, 3.63) is 125 Å². The second kappa shape index (κ2) is 10.9. The van der Waals surface area contributed by atoms with E-state index >= 15 is 0 Å². The Morgan fingerprint density at radius 1 is 0.872 bits per heavy atom. The molecule has 0 bridgehead atoms. The van der Waals surface area contributed by atoms with E-state index in [1.807, 2.05) is 79.7 Å². The second-order valence-corrected chi connectivity index (χ2v) is 12.2. The van der Waals surface area contributed by atoms with Crippen LogP contribution < -0.4 is 14.4 Å². The van der Waals surface area contributed by atoms with Crippen LogP contribution in [0, 0.1) is 6.92 Å². The molecule has 0 atom stereocenters. The van der Waals surface area contributed by atoms with Crippen LogP contribution in [0.5, 0.6) is 5.75 Å². The minimum absolute atomic E-state index is 0.182. The van der Waals surface area contributed by atoms with Crippen molar-refractivity contribution in [1.82, 2.24) is 5.32 Å². The number of rotatable bonds is 8. The lowest BCUT2D eigenvalue weighted by Crippen LogP contribution is -2.28. The first kappa shape index (κ1) is 26.5. The van der Waals surface area contributed by atoms with Gasteiger partial charge in [-0.25, -0.2) is 8.42 Å². The molecular weight excluding hydrogens is 528 g/mol. The number of aryl methyl sites for hydroxylation is 1. The van der Waals surface area contributed by atoms with Gasteiger partial charge < -0.3 is 10.1 Å². The highest BCUT2D eigenvalue weighted by Gasteiger charge is 2.23. The molecule has 0 unspecified atom stereocenters. The van der Waals surface area contributed by atoms with Gasteiger partial charge in [0, 0.05) is 11.7 Å². The lowest BCUT2D eigenvalue weighted by atomic mass is 9.98. The van der Waals surface area contributed by atoms with Crippen molar-refractivity contribution in [2.75, 3.05) is 18.5 Å². The summed E-state index contributed by atoms with van der Waals surface area (Å²) in [6, 6.07) is 31.4. The highest BCUT2D eigenvalue weighted by molar-refractivity contribution is 7.92. The van der Waals surface area contributed by atoms with Gasteiger partial charge in [0.1, 0.15) is 5.75 Å². The van der Waals surface area contributed by atoms with E-state index in [0.717, 1.165) is 26.8 Å². The molecule has 5 rings (SSSR count). The van der Waals surface area contributed by atoms with Gasteiger partial charge in [-0.1, -0.05) is 60.7 Å². The van der Waals surface area contributed by atoms with E-state index in [-0.39, 0.29) is 16.8 Å². The summed E-state index contributed by atoms with van der Waals surface area (Å²) in [5, 5.41) is 3.98. The molecule has 0 aliphatic rings. The second-order valence-electron chi connectivity index (χ2n) is 9.16. The SMILES string of the molecule is COc1ccc(S(=O)(=O)N(C)c2ccc3sc(C(=O)NC(c4ccccc4)c4ccccc4)cc3c2)cc1C. The van der Waals surface area contributed by atoms with E-state index in [1.165, 1.54) is 22.7 Å². The van der Waals surface area contributed by atoms with Crippen LogP contribution in [0.2, 0.25) is 0 Å². The maximum Gasteiger partial charge on any atom is 0.264 e. The average Bonchev–Trinajstić information content (AvgIpc) is 3.40. The molecule has 0 aliphatic carbocycles. The van der Waals surface area contributed by atoms with Crippen molar-refractivity contribution in [1.29, 1.82) is 0 Å². The average molecular weight is 557 g/mol. The lowest BCUT2D eigenvalue weighted by Gasteiger charge is -2.20. The molecule has 198 valence electrons. The number of carbonyl (C=O) groups excluding carboxylic acids is 1. The van der Waals surface area contributed by atoms with Gasteiger partial charge >= 0.3 is 0 Å². The largest absolute Gasteiger partial charge is 0.496 e. The van der Waals surface area contributed by atoms with E-state index in [0.29, 0.717) is 16.3 Å². The molecule has 8 heteroatoms. The Balaban J connectivity index is 1.42. The third kappa shape index (κ3) is 5.39. The first-order chi connectivity index (χ1) is 18.8. The summed E-state index contributed by atoms with van der Waals surface area (Å²) in [7, 11) is -0.713. The van der Waals surface area contributed by atoms with Crippen LogP contribution in [-0.2, 0) is 10.0 Å². The van der Waals surface area contributed by atoms with Gasteiger partial charge in [-0.3, -0.25) is 9.10 Å². The van der Waals surface area contributed by atoms with Crippen LogP contribution in [0.1, 0.15) is 32.4 Å². The fourth-order valence-electron chi connectivity index (χ4n) is 4.50. The third-order valence-electron chi connectivity index (χ3n) is 6.65. The van der Waals surface area contributed by atoms with Crippen LogP contribution in [0.15, 0.2) is 108 Å². The normalized spacial score (nSPS) is 11.5. The number of thiophene rings is 1. The predicted octanol–water partition coefficient (Wildman–Crippen LogP) is 6.56. The van der Waals surface area contributed by atoms with Gasteiger partial charge in [0.15, 0.2) is 0 Å². The molecule has 4 aromatic carbocycles. The molecule has 0 radical (unpaired) electrons. The summed E-state index contributed by atoms with van der Waals surface area (Å²) in [6.07, 6.45) is 0. The van der Waals surface area contributed by atoms with E-state index in [1.54, 1.807) is 37.4 Å². The van der Waals surface area contributed by atoms with E-state index in [4.69, 9.17) is 4.74 Å². The van der Waals surface area contributed by atoms with Crippen LogP contribution in [-0.4, -0.2) is 28.5 Å². The minimum Gasteiger partial charge on any atom is -0.496 e. The number of amides is 1. The number of hydrogen-bond donors (Lipinski definition) is 1. The molecule has 6 nitrogen and oxygen atoms in total. The van der Waals surface area contributed by atoms with Crippen molar-refractivity contribution < 1.29 is 17.9 Å². The van der Waals surface area contributed by atoms with Gasteiger partial charge in [0.25, 0.3) is 15.9 Å². The number of nitrogens with zero attached hydrogens (tertiary/aromatic N) is 1. The summed E-state index contributed by atoms with van der Waals surface area (Å²) in [6.45, 7) is 1.81. The minimum atomic E-state index is -3.79. The zero-order valence-corrected chi connectivity index (χ0v) is 23.4. The molecule has 1 heterocycles. The Bertz CT molecular complexity index is 1690. The Morgan fingerprint density at radius 2 is 1.51 bits per heavy atom. The standard InChI is InChI=1S/C31H28N2O4S2/c1-21-18-26(15-16-27(21)37-3)39(35,36)33(2)25-14-17-28-24(19-25)20-29(38-28)31(34)32-30(22-10-6-4-7-11-22)23-12-8-5-9-13-23/h4-20,30H,1-3H3,(H,32,34). The topological polar surface area (TPSA) is 75.7 Å². The smallest absolute Gasteiger partial charge is 0.264 e. The lowest BCUT2D eigenvalue weighted by molar-refractivity contribution is 0.0947. The molecule has 0 spiro atoms. The highest BCUT2D eigenvalue weighted by Crippen LogP contribution is 2.33. The van der Waals surface area contributed by atoms with Gasteiger partial charge in [0.05, 0.1) is 28.6 Å². The van der Waals surface area contributed by atoms with Gasteiger partial charge in [0.2, 0.25) is 0 Å². The quantitative estimate of drug-likeness (QED) is 0.235. The Kier molecular flexibility index (Phi) is 7.41. The Labute approximate surface area is 232 Å². The fourth-order valence-corrected chi connectivity index (χ4v) is 6.72. The van der Waals surface area contributed by atoms with Gasteiger partial charge in [-0.05, 0) is 71.5 Å². The van der Waals surface area contributed by atoms with Gasteiger partial charge in [-0.15, -0.1) is 11.3 Å². The van der Waals surface area contributed by atoms with Crippen molar-refractivity contribution in [3.8, 4) is 5.75 Å². The summed E-state index contributed by atoms with van der Waals surface area (Å²) in [5.41, 5.74) is 3.22. The highest BCUT2D eigenvalue weighted by atomic mass is 32.2. The number of benzene rings is 4. The summed E-state index contributed by atoms with van der Waals surface area (Å²) < 4.78 is 34.1. The number of fused-ring (bicyclic) bond motifs is 1. The molecule has 0 saturated carbocycles. The molecule has 0 saturated heterocycles. The predicted molar refractivity (Wildman–Crippen MR) is 157 cm³/mol. The number of ether oxygens (including phenoxy) is 1. The van der Waals surface area contributed by atoms with E-state index in [2.05, 4.69) is 5.32 Å². The summed E-state index contributed by atoms with van der Waals surface area (Å²) in [5.74, 6) is 0.439. The fraction of sp³-hybridized carbons (Fsp3) is 0.129. The van der Waals surface area contributed by atoms with Crippen molar-refractivity contribution in [3.63, 3.8) is 0 Å². The summed E-state index contributed by atoms with van der Waals surface area (Å²) >= 11 is 1.37. The van der Waals surface area contributed by atoms with Crippen molar-refractivity contribution in [2.45, 2.75) is 17.9 Å². The molecule has 0 aliphatic heterocycles. The molecule has 1 aromatic heterocycles. The number of carbonyl (C=O) groups is 1. The number of anilines is 1. The summed E-state index contributed by atoms with van der Waals surface area (Å²) in [4.78, 5) is 14.1. The molecule has 1 N–H and O–H groups in total. The van der Waals surface area contributed by atoms with Crippen molar-refractivity contribution in [2.24, 2.45) is 0 Å². The number of hydrogen-bond acceptors (Lipinski definition) is 5. The van der Waals surface area contributed by atoms with Crippen LogP contribution in [0.25, 0.3) is 10.1 Å². The molecule has 1 amide bonds. The number of sulfonamides is 1. The first-order valence-electron chi connectivity index (χ1n) is 12.4. The Hall–Kier alpha value is -4.14. The maximum atomic E-state index is 13.4. The number of nitrogens with one attached hydrogen (secondary N) is 1. The Morgan fingerprint density at radius 3 is 2.10 bits per heavy atom. The van der Waals surface area contributed by atoms with E-state index in [9.17, 15) is 13.2 Å². The molecular formula is C31H28N2O4S2. The molecule has 0 fully saturated rings. The van der Waals surface area contributed by atoms with Gasteiger partial charge in [-0.2, -0.15) is 0 Å². The van der Waals surface area contributed by atoms with Crippen LogP contribution in [0.4, 0.5) is 5.69 Å². The number of methoxy groups -OCH3 is 1. The van der Waals surface area contributed by atoms with E-state index < -0.39 is 10.0 Å². The zero-order chi connectivity index (χ0) is 27.6. The van der Waals surface area contributed by atoms with Crippen LogP contribution >= 0.6 is 11.3 Å².